The zero-order chi connectivity index (χ0) is 13.8. The molecule has 17 heavy (non-hydrogen) atoms. The highest BCUT2D eigenvalue weighted by atomic mass is 31.2. The lowest BCUT2D eigenvalue weighted by Crippen LogP contribution is -2.50. The number of carbonyl (C=O) groups is 2. The van der Waals surface area contributed by atoms with Crippen molar-refractivity contribution >= 4 is 19.5 Å². The summed E-state index contributed by atoms with van der Waals surface area (Å²) in [6.45, 7) is 3.32. The normalized spacial score (nSPS) is 15.3. The van der Waals surface area contributed by atoms with E-state index in [4.69, 9.17) is 20.0 Å². The Bertz CT molecular complexity index is 363. The maximum Gasteiger partial charge on any atom is 0.342 e. The van der Waals surface area contributed by atoms with E-state index in [9.17, 15) is 14.2 Å². The molecule has 4 N–H and O–H groups in total. The molecule has 0 aromatic heterocycles. The highest BCUT2D eigenvalue weighted by Crippen LogP contribution is 2.44. The number of likely N-dealkylation sites (N-methyl/N-ethyl adjacent to an activating group) is 1. The van der Waals surface area contributed by atoms with Crippen LogP contribution in [0.15, 0.2) is 12.7 Å². The summed E-state index contributed by atoms with van der Waals surface area (Å²) in [6, 6.07) is -1.83. The van der Waals surface area contributed by atoms with Crippen LogP contribution in [0.1, 0.15) is 0 Å². The second-order valence-corrected chi connectivity index (χ2v) is 5.12. The fourth-order valence-corrected chi connectivity index (χ4v) is 2.36. The molecule has 0 saturated carbocycles. The van der Waals surface area contributed by atoms with Gasteiger partial charge in [-0.3, -0.25) is 19.1 Å². The molecule has 0 aliphatic rings. The van der Waals surface area contributed by atoms with Crippen molar-refractivity contribution in [1.82, 2.24) is 4.90 Å². The molecule has 0 rings (SSSR count). The Morgan fingerprint density at radius 1 is 1.35 bits per heavy atom. The monoisotopic (exact) mass is 267 g/mol. The van der Waals surface area contributed by atoms with Gasteiger partial charge in [0.1, 0.15) is 6.04 Å². The quantitative estimate of drug-likeness (QED) is 0.347. The summed E-state index contributed by atoms with van der Waals surface area (Å²) in [5.41, 5.74) is -2.31. The second kappa shape index (κ2) is 5.92. The Kier molecular flexibility index (Phi) is 5.50. The summed E-state index contributed by atoms with van der Waals surface area (Å²) < 4.78 is 11.0. The lowest BCUT2D eigenvalue weighted by molar-refractivity contribution is -0.149. The standard InChI is InChI=1S/C8H14NO7P/c1-3-4-9(2)5(7(10)11)6(8(12)13)17(14,15)16/h3,5-6H,1,4H2,2H3,(H,10,11)(H,12,13)(H2,14,15,16). The average Bonchev–Trinajstić information content (AvgIpc) is 2.10. The van der Waals surface area contributed by atoms with Crippen molar-refractivity contribution < 1.29 is 34.2 Å². The van der Waals surface area contributed by atoms with E-state index in [2.05, 4.69) is 6.58 Å². The third-order valence-corrected chi connectivity index (χ3v) is 3.29. The minimum absolute atomic E-state index is 0.0131. The van der Waals surface area contributed by atoms with Gasteiger partial charge in [0.25, 0.3) is 0 Å². The number of hydrogen-bond acceptors (Lipinski definition) is 4. The zero-order valence-electron chi connectivity index (χ0n) is 9.05. The SMILES string of the molecule is C=CCN(C)C(C(=O)O)C(C(=O)O)P(=O)(O)O. The van der Waals surface area contributed by atoms with E-state index in [1.54, 1.807) is 0 Å². The van der Waals surface area contributed by atoms with Gasteiger partial charge in [-0.25, -0.2) is 0 Å². The summed E-state index contributed by atoms with van der Waals surface area (Å²) >= 11 is 0. The first-order valence-electron chi connectivity index (χ1n) is 4.45. The van der Waals surface area contributed by atoms with Crippen LogP contribution in [0.25, 0.3) is 0 Å². The first-order chi connectivity index (χ1) is 7.62. The highest BCUT2D eigenvalue weighted by molar-refractivity contribution is 7.53. The van der Waals surface area contributed by atoms with Crippen LogP contribution >= 0.6 is 7.60 Å². The van der Waals surface area contributed by atoms with E-state index in [-0.39, 0.29) is 6.54 Å². The molecule has 0 heterocycles. The molecule has 0 fully saturated rings. The first kappa shape index (κ1) is 15.8. The first-order valence-corrected chi connectivity index (χ1v) is 6.13. The van der Waals surface area contributed by atoms with Crippen LogP contribution in [-0.2, 0) is 14.2 Å². The molecule has 98 valence electrons. The summed E-state index contributed by atoms with van der Waals surface area (Å²) in [7, 11) is -3.83. The van der Waals surface area contributed by atoms with Crippen molar-refractivity contribution in [2.45, 2.75) is 11.7 Å². The number of hydrogen-bond donors (Lipinski definition) is 4. The number of carboxylic acids is 2. The fourth-order valence-electron chi connectivity index (χ4n) is 1.34. The van der Waals surface area contributed by atoms with Gasteiger partial charge in [0, 0.05) is 6.54 Å². The Balaban J connectivity index is 5.40. The van der Waals surface area contributed by atoms with Crippen LogP contribution in [-0.4, -0.2) is 62.1 Å². The Labute approximate surface area is 97.3 Å². The average molecular weight is 267 g/mol. The Morgan fingerprint density at radius 2 is 1.82 bits per heavy atom. The van der Waals surface area contributed by atoms with Gasteiger partial charge in [0.15, 0.2) is 5.66 Å². The summed E-state index contributed by atoms with van der Waals surface area (Å²) in [6.07, 6.45) is 1.30. The lowest BCUT2D eigenvalue weighted by Gasteiger charge is -2.28. The molecule has 0 saturated heterocycles. The van der Waals surface area contributed by atoms with Gasteiger partial charge in [-0.15, -0.1) is 6.58 Å². The predicted molar refractivity (Wildman–Crippen MR) is 57.7 cm³/mol. The predicted octanol–water partition coefficient (Wildman–Crippen LogP) is -0.812. The van der Waals surface area contributed by atoms with E-state index in [0.717, 1.165) is 4.90 Å². The molecule has 0 aromatic carbocycles. The van der Waals surface area contributed by atoms with Gasteiger partial charge in [-0.1, -0.05) is 6.08 Å². The highest BCUT2D eigenvalue weighted by Gasteiger charge is 2.47. The molecule has 0 amide bonds. The molecule has 0 spiro atoms. The van der Waals surface area contributed by atoms with Crippen LogP contribution in [0, 0.1) is 0 Å². The largest absolute Gasteiger partial charge is 0.480 e. The Hall–Kier alpha value is -1.21. The van der Waals surface area contributed by atoms with Gasteiger partial charge in [0.2, 0.25) is 0 Å². The summed E-state index contributed by atoms with van der Waals surface area (Å²) in [5.74, 6) is -3.48. The van der Waals surface area contributed by atoms with E-state index < -0.39 is 31.2 Å². The molecular formula is C8H14NO7P. The van der Waals surface area contributed by atoms with Crippen LogP contribution in [0.2, 0.25) is 0 Å². The minimum Gasteiger partial charge on any atom is -0.480 e. The van der Waals surface area contributed by atoms with Crippen molar-refractivity contribution in [3.8, 4) is 0 Å². The third kappa shape index (κ3) is 4.27. The molecule has 0 bridgehead atoms. The lowest BCUT2D eigenvalue weighted by atomic mass is 10.2. The molecule has 0 aliphatic carbocycles. The van der Waals surface area contributed by atoms with E-state index in [1.807, 2.05) is 0 Å². The molecule has 0 aliphatic heterocycles. The van der Waals surface area contributed by atoms with Crippen LogP contribution in [0.4, 0.5) is 0 Å². The molecular weight excluding hydrogens is 253 g/mol. The number of carboxylic acid groups (broad SMARTS) is 2. The van der Waals surface area contributed by atoms with Gasteiger partial charge in [-0.05, 0) is 7.05 Å². The zero-order valence-corrected chi connectivity index (χ0v) is 9.95. The van der Waals surface area contributed by atoms with Gasteiger partial charge >= 0.3 is 19.5 Å². The number of nitrogens with zero attached hydrogens (tertiary/aromatic N) is 1. The van der Waals surface area contributed by atoms with Crippen molar-refractivity contribution in [3.05, 3.63) is 12.7 Å². The van der Waals surface area contributed by atoms with Crippen molar-refractivity contribution in [2.75, 3.05) is 13.6 Å². The van der Waals surface area contributed by atoms with Crippen LogP contribution in [0.3, 0.4) is 0 Å². The molecule has 8 nitrogen and oxygen atoms in total. The third-order valence-electron chi connectivity index (χ3n) is 2.06. The van der Waals surface area contributed by atoms with Crippen molar-refractivity contribution in [3.63, 3.8) is 0 Å². The Morgan fingerprint density at radius 3 is 2.06 bits per heavy atom. The second-order valence-electron chi connectivity index (χ2n) is 3.38. The van der Waals surface area contributed by atoms with E-state index >= 15 is 0 Å². The summed E-state index contributed by atoms with van der Waals surface area (Å²) in [4.78, 5) is 40.5. The van der Waals surface area contributed by atoms with Crippen LogP contribution < -0.4 is 0 Å². The van der Waals surface area contributed by atoms with Gasteiger partial charge < -0.3 is 20.0 Å². The molecule has 2 unspecified atom stereocenters. The molecule has 2 atom stereocenters. The molecule has 9 heteroatoms. The van der Waals surface area contributed by atoms with E-state index in [0.29, 0.717) is 0 Å². The fraction of sp³-hybridized carbons (Fsp3) is 0.500. The minimum atomic E-state index is -5.08. The maximum atomic E-state index is 11.0. The molecule has 0 radical (unpaired) electrons. The molecule has 0 aromatic rings. The van der Waals surface area contributed by atoms with Crippen molar-refractivity contribution in [1.29, 1.82) is 0 Å². The number of aliphatic carboxylic acids is 2. The van der Waals surface area contributed by atoms with Gasteiger partial charge in [0.05, 0.1) is 0 Å². The topological polar surface area (TPSA) is 135 Å². The summed E-state index contributed by atoms with van der Waals surface area (Å²) in [5, 5.41) is 17.6. The van der Waals surface area contributed by atoms with E-state index in [1.165, 1.54) is 13.1 Å². The maximum absolute atomic E-state index is 11.0. The number of rotatable bonds is 7. The van der Waals surface area contributed by atoms with Crippen LogP contribution in [0.5, 0.6) is 0 Å². The van der Waals surface area contributed by atoms with Gasteiger partial charge in [-0.2, -0.15) is 0 Å². The smallest absolute Gasteiger partial charge is 0.342 e. The van der Waals surface area contributed by atoms with Crippen molar-refractivity contribution in [2.24, 2.45) is 0 Å².